The van der Waals surface area contributed by atoms with Gasteiger partial charge in [0.15, 0.2) is 0 Å². The molecule has 2 aromatic rings. The Morgan fingerprint density at radius 1 is 0.958 bits per heavy atom. The first-order chi connectivity index (χ1) is 11.6. The normalized spacial score (nSPS) is 15.1. The van der Waals surface area contributed by atoms with E-state index in [2.05, 4.69) is 5.32 Å². The number of phenolic OH excluding ortho intramolecular Hbond substituents is 1. The zero-order valence-electron chi connectivity index (χ0n) is 13.3. The lowest BCUT2D eigenvalue weighted by atomic mass is 10.0. The summed E-state index contributed by atoms with van der Waals surface area (Å²) in [4.78, 5) is 26.4. The fourth-order valence-corrected chi connectivity index (χ4v) is 2.91. The van der Waals surface area contributed by atoms with Crippen LogP contribution in [0.2, 0.25) is 0 Å². The van der Waals surface area contributed by atoms with Gasteiger partial charge in [-0.25, -0.2) is 0 Å². The average molecular weight is 324 g/mol. The molecule has 2 N–H and O–H groups in total. The van der Waals surface area contributed by atoms with E-state index in [1.807, 2.05) is 35.2 Å². The summed E-state index contributed by atoms with van der Waals surface area (Å²) in [6, 6.07) is 15.6. The van der Waals surface area contributed by atoms with Crippen molar-refractivity contribution in [2.45, 2.75) is 18.9 Å². The Morgan fingerprint density at radius 2 is 1.62 bits per heavy atom. The lowest BCUT2D eigenvalue weighted by molar-refractivity contribution is 0.0698. The second kappa shape index (κ2) is 7.17. The molecule has 0 aliphatic carbocycles. The van der Waals surface area contributed by atoms with Gasteiger partial charge in [-0.1, -0.05) is 24.3 Å². The lowest BCUT2D eigenvalue weighted by Crippen LogP contribution is -2.46. The number of nitrogens with zero attached hydrogens (tertiary/aromatic N) is 1. The Balaban J connectivity index is 1.54. The van der Waals surface area contributed by atoms with Gasteiger partial charge in [0.05, 0.1) is 0 Å². The molecule has 1 aliphatic rings. The van der Waals surface area contributed by atoms with E-state index in [4.69, 9.17) is 0 Å². The van der Waals surface area contributed by atoms with Gasteiger partial charge in [-0.15, -0.1) is 0 Å². The third-order valence-electron chi connectivity index (χ3n) is 4.25. The van der Waals surface area contributed by atoms with Crippen LogP contribution in [0, 0.1) is 0 Å². The third-order valence-corrected chi connectivity index (χ3v) is 4.25. The quantitative estimate of drug-likeness (QED) is 0.911. The molecule has 1 heterocycles. The summed E-state index contributed by atoms with van der Waals surface area (Å²) in [5, 5.41) is 12.4. The molecule has 5 heteroatoms. The van der Waals surface area contributed by atoms with Gasteiger partial charge in [-0.3, -0.25) is 9.59 Å². The number of piperidine rings is 1. The summed E-state index contributed by atoms with van der Waals surface area (Å²) < 4.78 is 0. The number of benzene rings is 2. The highest BCUT2D eigenvalue weighted by molar-refractivity contribution is 5.95. The molecule has 124 valence electrons. The van der Waals surface area contributed by atoms with E-state index in [1.54, 1.807) is 12.1 Å². The largest absolute Gasteiger partial charge is 0.508 e. The maximum Gasteiger partial charge on any atom is 0.253 e. The molecule has 2 aromatic carbocycles. The number of phenols is 1. The second-order valence-electron chi connectivity index (χ2n) is 5.96. The van der Waals surface area contributed by atoms with E-state index in [9.17, 15) is 14.7 Å². The van der Waals surface area contributed by atoms with Crippen LogP contribution in [0.15, 0.2) is 54.6 Å². The van der Waals surface area contributed by atoms with Crippen molar-refractivity contribution in [1.29, 1.82) is 0 Å². The van der Waals surface area contributed by atoms with Crippen molar-refractivity contribution in [2.75, 3.05) is 13.1 Å². The topological polar surface area (TPSA) is 69.6 Å². The summed E-state index contributed by atoms with van der Waals surface area (Å²) in [6.45, 7) is 1.25. The molecule has 3 rings (SSSR count). The third kappa shape index (κ3) is 3.74. The Hall–Kier alpha value is -2.82. The second-order valence-corrected chi connectivity index (χ2v) is 5.96. The van der Waals surface area contributed by atoms with Crippen LogP contribution in [-0.2, 0) is 0 Å². The van der Waals surface area contributed by atoms with E-state index in [1.165, 1.54) is 12.1 Å². The molecule has 0 saturated carbocycles. The van der Waals surface area contributed by atoms with Crippen LogP contribution in [0.3, 0.4) is 0 Å². The van der Waals surface area contributed by atoms with Crippen LogP contribution >= 0.6 is 0 Å². The first-order valence-electron chi connectivity index (χ1n) is 8.08. The van der Waals surface area contributed by atoms with Gasteiger partial charge >= 0.3 is 0 Å². The maximum atomic E-state index is 12.4. The van der Waals surface area contributed by atoms with Crippen LogP contribution < -0.4 is 5.32 Å². The highest BCUT2D eigenvalue weighted by atomic mass is 16.3. The van der Waals surface area contributed by atoms with Crippen molar-refractivity contribution >= 4 is 11.8 Å². The van der Waals surface area contributed by atoms with Crippen molar-refractivity contribution in [3.8, 4) is 5.75 Å². The van der Waals surface area contributed by atoms with E-state index in [0.717, 1.165) is 12.8 Å². The fraction of sp³-hybridized carbons (Fsp3) is 0.263. The summed E-state index contributed by atoms with van der Waals surface area (Å²) in [5.41, 5.74) is 1.14. The molecule has 0 aromatic heterocycles. The minimum atomic E-state index is -0.196. The molecule has 0 spiro atoms. The van der Waals surface area contributed by atoms with E-state index in [0.29, 0.717) is 24.2 Å². The SMILES string of the molecule is O=C(NC1CCN(C(=O)c2ccccc2)CC1)c1cccc(O)c1. The average Bonchev–Trinajstić information content (AvgIpc) is 2.62. The molecule has 1 saturated heterocycles. The minimum Gasteiger partial charge on any atom is -0.508 e. The first kappa shape index (κ1) is 16.1. The van der Waals surface area contributed by atoms with Crippen LogP contribution in [-0.4, -0.2) is 41.0 Å². The van der Waals surface area contributed by atoms with Gasteiger partial charge in [0.25, 0.3) is 11.8 Å². The minimum absolute atomic E-state index is 0.0355. The summed E-state index contributed by atoms with van der Waals surface area (Å²) in [5.74, 6) is -0.0852. The Bertz CT molecular complexity index is 722. The number of rotatable bonds is 3. The molecular weight excluding hydrogens is 304 g/mol. The highest BCUT2D eigenvalue weighted by Gasteiger charge is 2.24. The predicted octanol–water partition coefficient (Wildman–Crippen LogP) is 2.43. The zero-order valence-corrected chi connectivity index (χ0v) is 13.3. The molecule has 0 unspecified atom stereocenters. The monoisotopic (exact) mass is 324 g/mol. The van der Waals surface area contributed by atoms with Gasteiger partial charge in [0, 0.05) is 30.3 Å². The molecule has 0 atom stereocenters. The molecule has 5 nitrogen and oxygen atoms in total. The maximum absolute atomic E-state index is 12.4. The summed E-state index contributed by atoms with van der Waals surface area (Å²) >= 11 is 0. The van der Waals surface area contributed by atoms with Crippen LogP contribution in [0.25, 0.3) is 0 Å². The fourth-order valence-electron chi connectivity index (χ4n) is 2.91. The molecule has 24 heavy (non-hydrogen) atoms. The number of likely N-dealkylation sites (tertiary alicyclic amines) is 1. The number of hydrogen-bond acceptors (Lipinski definition) is 3. The van der Waals surface area contributed by atoms with Gasteiger partial charge in [0.1, 0.15) is 5.75 Å². The number of nitrogens with one attached hydrogen (secondary N) is 1. The lowest BCUT2D eigenvalue weighted by Gasteiger charge is -2.32. The van der Waals surface area contributed by atoms with Crippen molar-refractivity contribution in [3.63, 3.8) is 0 Å². The van der Waals surface area contributed by atoms with Crippen molar-refractivity contribution in [1.82, 2.24) is 10.2 Å². The van der Waals surface area contributed by atoms with E-state index >= 15 is 0 Å². The van der Waals surface area contributed by atoms with Gasteiger partial charge in [0.2, 0.25) is 0 Å². The Labute approximate surface area is 140 Å². The number of hydrogen-bond donors (Lipinski definition) is 2. The molecule has 1 fully saturated rings. The van der Waals surface area contributed by atoms with Gasteiger partial charge in [-0.05, 0) is 43.2 Å². The van der Waals surface area contributed by atoms with Crippen LogP contribution in [0.4, 0.5) is 0 Å². The molecule has 0 radical (unpaired) electrons. The highest BCUT2D eigenvalue weighted by Crippen LogP contribution is 2.16. The smallest absolute Gasteiger partial charge is 0.253 e. The van der Waals surface area contributed by atoms with E-state index in [-0.39, 0.29) is 23.6 Å². The summed E-state index contributed by atoms with van der Waals surface area (Å²) in [7, 11) is 0. The molecule has 0 bridgehead atoms. The van der Waals surface area contributed by atoms with Crippen molar-refractivity contribution in [3.05, 3.63) is 65.7 Å². The van der Waals surface area contributed by atoms with Gasteiger partial charge in [-0.2, -0.15) is 0 Å². The predicted molar refractivity (Wildman–Crippen MR) is 90.9 cm³/mol. The number of amides is 2. The summed E-state index contributed by atoms with van der Waals surface area (Å²) in [6.07, 6.45) is 1.45. The number of carbonyl (C=O) groups excluding carboxylic acids is 2. The molecule has 1 aliphatic heterocycles. The van der Waals surface area contributed by atoms with Gasteiger partial charge < -0.3 is 15.3 Å². The Kier molecular flexibility index (Phi) is 4.79. The Morgan fingerprint density at radius 3 is 2.29 bits per heavy atom. The van der Waals surface area contributed by atoms with Crippen molar-refractivity contribution in [2.24, 2.45) is 0 Å². The first-order valence-corrected chi connectivity index (χ1v) is 8.08. The van der Waals surface area contributed by atoms with E-state index < -0.39 is 0 Å². The zero-order chi connectivity index (χ0) is 16.9. The molecule has 2 amide bonds. The van der Waals surface area contributed by atoms with Crippen LogP contribution in [0.5, 0.6) is 5.75 Å². The van der Waals surface area contributed by atoms with Crippen LogP contribution in [0.1, 0.15) is 33.6 Å². The number of carbonyl (C=O) groups is 2. The molecular formula is C19H20N2O3. The standard InChI is InChI=1S/C19H20N2O3/c22-17-8-4-7-15(13-17)18(23)20-16-9-11-21(12-10-16)19(24)14-5-2-1-3-6-14/h1-8,13,16,22H,9-12H2,(H,20,23). The van der Waals surface area contributed by atoms with Crippen molar-refractivity contribution < 1.29 is 14.7 Å². The number of aromatic hydroxyl groups is 1.